The predicted molar refractivity (Wildman–Crippen MR) is 59.6 cm³/mol. The minimum absolute atomic E-state index is 0.0720. The van der Waals surface area contributed by atoms with Crippen molar-refractivity contribution in [2.45, 2.75) is 26.4 Å². The van der Waals surface area contributed by atoms with Gasteiger partial charge in [0.05, 0.1) is 6.54 Å². The summed E-state index contributed by atoms with van der Waals surface area (Å²) in [4.78, 5) is 4.28. The first-order valence-corrected chi connectivity index (χ1v) is 5.37. The van der Waals surface area contributed by atoms with Crippen LogP contribution in [0.1, 0.15) is 31.6 Å². The van der Waals surface area contributed by atoms with Crippen LogP contribution in [0.5, 0.6) is 0 Å². The fourth-order valence-corrected chi connectivity index (χ4v) is 1.76. The molecule has 0 amide bonds. The highest BCUT2D eigenvalue weighted by molar-refractivity contribution is 5.02. The molecule has 5 nitrogen and oxygen atoms in total. The zero-order valence-corrected chi connectivity index (χ0v) is 9.50. The van der Waals surface area contributed by atoms with Crippen molar-refractivity contribution >= 4 is 0 Å². The molecule has 16 heavy (non-hydrogen) atoms. The summed E-state index contributed by atoms with van der Waals surface area (Å²) in [7, 11) is 0. The standard InChI is InChI=1S/C11H16N4O/c1-8(2)10(15-5-3-4-6-15)11-13-9(7-12)14-16-11/h3-6,8,10H,7,12H2,1-2H3/t10-/m0/s1. The third-order valence-corrected chi connectivity index (χ3v) is 2.50. The van der Waals surface area contributed by atoms with Crippen molar-refractivity contribution in [3.05, 3.63) is 36.2 Å². The molecule has 2 rings (SSSR count). The average molecular weight is 220 g/mol. The monoisotopic (exact) mass is 220 g/mol. The summed E-state index contributed by atoms with van der Waals surface area (Å²) in [6.07, 6.45) is 3.99. The molecule has 0 aliphatic rings. The van der Waals surface area contributed by atoms with E-state index in [4.69, 9.17) is 10.3 Å². The minimum Gasteiger partial charge on any atom is -0.342 e. The topological polar surface area (TPSA) is 69.9 Å². The van der Waals surface area contributed by atoms with Crippen molar-refractivity contribution in [2.75, 3.05) is 0 Å². The molecule has 1 atom stereocenters. The van der Waals surface area contributed by atoms with Crippen molar-refractivity contribution in [1.82, 2.24) is 14.7 Å². The molecule has 0 aromatic carbocycles. The Hall–Kier alpha value is -1.62. The van der Waals surface area contributed by atoms with E-state index in [1.807, 2.05) is 24.5 Å². The van der Waals surface area contributed by atoms with Crippen LogP contribution in [-0.4, -0.2) is 14.7 Å². The third kappa shape index (κ3) is 1.99. The Morgan fingerprint density at radius 3 is 2.56 bits per heavy atom. The Balaban J connectivity index is 2.33. The van der Waals surface area contributed by atoms with Gasteiger partial charge in [-0.3, -0.25) is 0 Å². The Labute approximate surface area is 94.3 Å². The van der Waals surface area contributed by atoms with Gasteiger partial charge in [0.1, 0.15) is 6.04 Å². The number of nitrogens with two attached hydrogens (primary N) is 1. The summed E-state index contributed by atoms with van der Waals surface area (Å²) in [6, 6.07) is 4.04. The first-order chi connectivity index (χ1) is 7.72. The van der Waals surface area contributed by atoms with Crippen LogP contribution in [0.15, 0.2) is 29.0 Å². The second-order valence-electron chi connectivity index (χ2n) is 4.07. The fraction of sp³-hybridized carbons (Fsp3) is 0.455. The lowest BCUT2D eigenvalue weighted by Crippen LogP contribution is -2.15. The van der Waals surface area contributed by atoms with Crippen LogP contribution in [0.3, 0.4) is 0 Å². The summed E-state index contributed by atoms with van der Waals surface area (Å²) in [6.45, 7) is 4.55. The summed E-state index contributed by atoms with van der Waals surface area (Å²) < 4.78 is 7.31. The maximum Gasteiger partial charge on any atom is 0.249 e. The predicted octanol–water partition coefficient (Wildman–Crippen LogP) is 1.58. The molecule has 2 aromatic heterocycles. The normalized spacial score (nSPS) is 13.2. The van der Waals surface area contributed by atoms with Gasteiger partial charge in [-0.05, 0) is 18.1 Å². The van der Waals surface area contributed by atoms with Crippen LogP contribution < -0.4 is 5.73 Å². The van der Waals surface area contributed by atoms with Gasteiger partial charge >= 0.3 is 0 Å². The molecule has 0 aliphatic carbocycles. The fourth-order valence-electron chi connectivity index (χ4n) is 1.76. The molecule has 2 heterocycles. The van der Waals surface area contributed by atoms with Gasteiger partial charge in [-0.1, -0.05) is 19.0 Å². The van der Waals surface area contributed by atoms with E-state index < -0.39 is 0 Å². The quantitative estimate of drug-likeness (QED) is 0.849. The Morgan fingerprint density at radius 1 is 1.38 bits per heavy atom. The number of aromatic nitrogens is 3. The molecular weight excluding hydrogens is 204 g/mol. The van der Waals surface area contributed by atoms with E-state index in [0.29, 0.717) is 24.2 Å². The third-order valence-electron chi connectivity index (χ3n) is 2.50. The lowest BCUT2D eigenvalue weighted by molar-refractivity contribution is 0.296. The second-order valence-corrected chi connectivity index (χ2v) is 4.07. The van der Waals surface area contributed by atoms with Gasteiger partial charge in [0.15, 0.2) is 5.82 Å². The van der Waals surface area contributed by atoms with E-state index in [2.05, 4.69) is 28.6 Å². The van der Waals surface area contributed by atoms with E-state index in [0.717, 1.165) is 0 Å². The first-order valence-electron chi connectivity index (χ1n) is 5.37. The Kier molecular flexibility index (Phi) is 3.05. The van der Waals surface area contributed by atoms with Gasteiger partial charge in [-0.2, -0.15) is 4.98 Å². The molecule has 0 saturated heterocycles. The summed E-state index contributed by atoms with van der Waals surface area (Å²) in [5.74, 6) is 1.54. The van der Waals surface area contributed by atoms with Gasteiger partial charge in [0, 0.05) is 12.4 Å². The van der Waals surface area contributed by atoms with Crippen molar-refractivity contribution in [3.63, 3.8) is 0 Å². The maximum atomic E-state index is 5.47. The highest BCUT2D eigenvalue weighted by atomic mass is 16.5. The van der Waals surface area contributed by atoms with Crippen molar-refractivity contribution < 1.29 is 4.52 Å². The molecule has 0 spiro atoms. The smallest absolute Gasteiger partial charge is 0.249 e. The van der Waals surface area contributed by atoms with Crippen LogP contribution in [0.25, 0.3) is 0 Å². The molecule has 5 heteroatoms. The lowest BCUT2D eigenvalue weighted by Gasteiger charge is -2.18. The highest BCUT2D eigenvalue weighted by Crippen LogP contribution is 2.24. The van der Waals surface area contributed by atoms with Gasteiger partial charge < -0.3 is 14.8 Å². The molecule has 2 aromatic rings. The molecule has 0 radical (unpaired) electrons. The van der Waals surface area contributed by atoms with E-state index >= 15 is 0 Å². The Morgan fingerprint density at radius 2 is 2.06 bits per heavy atom. The molecule has 0 aliphatic heterocycles. The highest BCUT2D eigenvalue weighted by Gasteiger charge is 2.23. The van der Waals surface area contributed by atoms with Crippen molar-refractivity contribution in [1.29, 1.82) is 0 Å². The number of hydrogen-bond acceptors (Lipinski definition) is 4. The van der Waals surface area contributed by atoms with Crippen molar-refractivity contribution in [2.24, 2.45) is 11.7 Å². The molecule has 0 fully saturated rings. The van der Waals surface area contributed by atoms with Crippen LogP contribution in [0.2, 0.25) is 0 Å². The van der Waals surface area contributed by atoms with Gasteiger partial charge in [0.2, 0.25) is 5.89 Å². The summed E-state index contributed by atoms with van der Waals surface area (Å²) in [5, 5.41) is 3.82. The van der Waals surface area contributed by atoms with E-state index in [1.165, 1.54) is 0 Å². The van der Waals surface area contributed by atoms with Crippen molar-refractivity contribution in [3.8, 4) is 0 Å². The van der Waals surface area contributed by atoms with E-state index in [1.54, 1.807) is 0 Å². The second kappa shape index (κ2) is 4.49. The molecule has 0 saturated carbocycles. The zero-order chi connectivity index (χ0) is 11.5. The zero-order valence-electron chi connectivity index (χ0n) is 9.50. The van der Waals surface area contributed by atoms with Gasteiger partial charge in [-0.25, -0.2) is 0 Å². The number of rotatable bonds is 4. The van der Waals surface area contributed by atoms with Crippen LogP contribution in [0.4, 0.5) is 0 Å². The maximum absolute atomic E-state index is 5.47. The molecule has 86 valence electrons. The van der Waals surface area contributed by atoms with E-state index in [9.17, 15) is 0 Å². The lowest BCUT2D eigenvalue weighted by atomic mass is 10.0. The molecular formula is C11H16N4O. The van der Waals surface area contributed by atoms with Crippen LogP contribution in [-0.2, 0) is 6.54 Å². The molecule has 0 bridgehead atoms. The Bertz CT molecular complexity index is 433. The summed E-state index contributed by atoms with van der Waals surface area (Å²) >= 11 is 0. The largest absolute Gasteiger partial charge is 0.342 e. The van der Waals surface area contributed by atoms with Crippen LogP contribution in [0, 0.1) is 5.92 Å². The number of hydrogen-bond donors (Lipinski definition) is 1. The van der Waals surface area contributed by atoms with Gasteiger partial charge in [-0.15, -0.1) is 0 Å². The minimum atomic E-state index is 0.0720. The first kappa shape index (κ1) is 10.9. The summed E-state index contributed by atoms with van der Waals surface area (Å²) in [5.41, 5.74) is 5.47. The molecule has 2 N–H and O–H groups in total. The molecule has 0 unspecified atom stereocenters. The van der Waals surface area contributed by atoms with Crippen LogP contribution >= 0.6 is 0 Å². The van der Waals surface area contributed by atoms with Gasteiger partial charge in [0.25, 0.3) is 0 Å². The SMILES string of the molecule is CC(C)[C@@H](c1nc(CN)no1)n1cccc1. The average Bonchev–Trinajstić information content (AvgIpc) is 2.88. The van der Waals surface area contributed by atoms with E-state index in [-0.39, 0.29) is 6.04 Å². The number of nitrogens with zero attached hydrogens (tertiary/aromatic N) is 3.